The van der Waals surface area contributed by atoms with Crippen molar-refractivity contribution in [3.05, 3.63) is 63.6 Å². The maximum absolute atomic E-state index is 12.9. The van der Waals surface area contributed by atoms with Gasteiger partial charge in [-0.3, -0.25) is 19.4 Å². The third kappa shape index (κ3) is 2.62. The lowest BCUT2D eigenvalue weighted by Gasteiger charge is -2.42. The first kappa shape index (κ1) is 16.6. The molecule has 1 amide bonds. The van der Waals surface area contributed by atoms with Crippen LogP contribution in [0, 0.1) is 6.92 Å². The molecule has 6 heteroatoms. The molecule has 26 heavy (non-hydrogen) atoms. The average molecular weight is 350 g/mol. The fourth-order valence-electron chi connectivity index (χ4n) is 3.87. The largest absolute Gasteiger partial charge is 0.351 e. The molecule has 0 atom stereocenters. The molecule has 6 nitrogen and oxygen atoms in total. The van der Waals surface area contributed by atoms with Crippen molar-refractivity contribution in [3.63, 3.8) is 0 Å². The van der Waals surface area contributed by atoms with Gasteiger partial charge in [0.05, 0.1) is 10.9 Å². The number of hydrogen-bond acceptors (Lipinski definition) is 3. The van der Waals surface area contributed by atoms with Crippen molar-refractivity contribution in [1.29, 1.82) is 0 Å². The molecule has 2 aromatic heterocycles. The van der Waals surface area contributed by atoms with Crippen LogP contribution in [-0.2, 0) is 12.5 Å². The van der Waals surface area contributed by atoms with Gasteiger partial charge in [0.2, 0.25) is 0 Å². The third-order valence-corrected chi connectivity index (χ3v) is 5.47. The molecule has 1 aliphatic rings. The first-order chi connectivity index (χ1) is 12.5. The number of amides is 1. The summed E-state index contributed by atoms with van der Waals surface area (Å²) in [5.74, 6) is -0.223. The molecular weight excluding hydrogens is 328 g/mol. The number of aromatic nitrogens is 3. The van der Waals surface area contributed by atoms with E-state index in [-0.39, 0.29) is 16.9 Å². The second kappa shape index (κ2) is 6.12. The van der Waals surface area contributed by atoms with Gasteiger partial charge in [-0.1, -0.05) is 36.8 Å². The SMILES string of the molecule is Cc1cc(C(=O)NCC2(c3ccccc3)CCC2)c2c(=O)[nH]n(C)c2n1. The summed E-state index contributed by atoms with van der Waals surface area (Å²) < 4.78 is 1.55. The fourth-order valence-corrected chi connectivity index (χ4v) is 3.87. The van der Waals surface area contributed by atoms with Gasteiger partial charge in [-0.25, -0.2) is 4.98 Å². The van der Waals surface area contributed by atoms with Gasteiger partial charge < -0.3 is 5.32 Å². The zero-order chi connectivity index (χ0) is 18.3. The summed E-state index contributed by atoms with van der Waals surface area (Å²) in [4.78, 5) is 29.5. The van der Waals surface area contributed by atoms with Crippen molar-refractivity contribution >= 4 is 16.9 Å². The van der Waals surface area contributed by atoms with Crippen LogP contribution in [0.15, 0.2) is 41.2 Å². The van der Waals surface area contributed by atoms with E-state index >= 15 is 0 Å². The Morgan fingerprint density at radius 1 is 1.31 bits per heavy atom. The number of rotatable bonds is 4. The molecule has 134 valence electrons. The number of carbonyl (C=O) groups is 1. The highest BCUT2D eigenvalue weighted by molar-refractivity contribution is 6.05. The summed E-state index contributed by atoms with van der Waals surface area (Å²) in [6, 6.07) is 12.0. The van der Waals surface area contributed by atoms with Crippen molar-refractivity contribution in [3.8, 4) is 0 Å². The topological polar surface area (TPSA) is 79.8 Å². The molecule has 1 saturated carbocycles. The van der Waals surface area contributed by atoms with Gasteiger partial charge >= 0.3 is 0 Å². The van der Waals surface area contributed by atoms with Crippen LogP contribution in [0.5, 0.6) is 0 Å². The van der Waals surface area contributed by atoms with Crippen LogP contribution in [0.4, 0.5) is 0 Å². The van der Waals surface area contributed by atoms with Crippen molar-refractivity contribution in [2.75, 3.05) is 6.54 Å². The van der Waals surface area contributed by atoms with Crippen LogP contribution < -0.4 is 10.9 Å². The van der Waals surface area contributed by atoms with E-state index in [0.717, 1.165) is 12.8 Å². The maximum Gasteiger partial charge on any atom is 0.274 e. The van der Waals surface area contributed by atoms with E-state index < -0.39 is 0 Å². The van der Waals surface area contributed by atoms with Crippen LogP contribution in [0.3, 0.4) is 0 Å². The van der Waals surface area contributed by atoms with Crippen molar-refractivity contribution < 1.29 is 4.79 Å². The molecule has 0 spiro atoms. The first-order valence-electron chi connectivity index (χ1n) is 8.90. The Bertz CT molecular complexity index is 1030. The summed E-state index contributed by atoms with van der Waals surface area (Å²) >= 11 is 0. The molecule has 1 aliphatic carbocycles. The van der Waals surface area contributed by atoms with Crippen molar-refractivity contribution in [2.45, 2.75) is 31.6 Å². The molecule has 3 aromatic rings. The second-order valence-corrected chi connectivity index (χ2v) is 7.19. The smallest absolute Gasteiger partial charge is 0.274 e. The van der Waals surface area contributed by atoms with Crippen LogP contribution in [0.2, 0.25) is 0 Å². The molecule has 0 radical (unpaired) electrons. The highest BCUT2D eigenvalue weighted by Gasteiger charge is 2.38. The molecular formula is C20H22N4O2. The number of benzene rings is 1. The molecule has 1 aromatic carbocycles. The van der Waals surface area contributed by atoms with Gasteiger partial charge in [-0.05, 0) is 31.4 Å². The number of aromatic amines is 1. The monoisotopic (exact) mass is 350 g/mol. The van der Waals surface area contributed by atoms with Crippen molar-refractivity contribution in [2.24, 2.45) is 7.05 Å². The van der Waals surface area contributed by atoms with E-state index in [2.05, 4.69) is 27.5 Å². The van der Waals surface area contributed by atoms with Gasteiger partial charge in [0.25, 0.3) is 11.5 Å². The molecule has 0 unspecified atom stereocenters. The van der Waals surface area contributed by atoms with E-state index in [1.165, 1.54) is 12.0 Å². The number of nitrogens with one attached hydrogen (secondary N) is 2. The van der Waals surface area contributed by atoms with E-state index in [0.29, 0.717) is 28.8 Å². The Morgan fingerprint density at radius 2 is 2.04 bits per heavy atom. The summed E-state index contributed by atoms with van der Waals surface area (Å²) in [5, 5.41) is 6.09. The summed E-state index contributed by atoms with van der Waals surface area (Å²) in [5.41, 5.74) is 2.57. The Kier molecular flexibility index (Phi) is 3.90. The highest BCUT2D eigenvalue weighted by atomic mass is 16.2. The average Bonchev–Trinajstić information content (AvgIpc) is 2.88. The molecule has 1 fully saturated rings. The molecule has 2 heterocycles. The lowest BCUT2D eigenvalue weighted by molar-refractivity contribution is 0.0929. The van der Waals surface area contributed by atoms with Crippen molar-refractivity contribution in [1.82, 2.24) is 20.1 Å². The summed E-state index contributed by atoms with van der Waals surface area (Å²) in [6.07, 6.45) is 3.30. The first-order valence-corrected chi connectivity index (χ1v) is 8.90. The predicted molar refractivity (Wildman–Crippen MR) is 100 cm³/mol. The number of pyridine rings is 1. The van der Waals surface area contributed by atoms with Gasteiger partial charge in [0.15, 0.2) is 5.65 Å². The van der Waals surface area contributed by atoms with E-state index in [1.807, 2.05) is 25.1 Å². The summed E-state index contributed by atoms with van der Waals surface area (Å²) in [7, 11) is 1.72. The highest BCUT2D eigenvalue weighted by Crippen LogP contribution is 2.43. The number of H-pyrrole nitrogens is 1. The molecule has 2 N–H and O–H groups in total. The van der Waals surface area contributed by atoms with Crippen LogP contribution in [-0.4, -0.2) is 27.2 Å². The molecule has 4 rings (SSSR count). The second-order valence-electron chi connectivity index (χ2n) is 7.19. The predicted octanol–water partition coefficient (Wildman–Crippen LogP) is 2.42. The Balaban J connectivity index is 1.63. The summed E-state index contributed by atoms with van der Waals surface area (Å²) in [6.45, 7) is 2.40. The Labute approximate surface area is 151 Å². The molecule has 0 saturated heterocycles. The number of aryl methyl sites for hydroxylation is 2. The number of carbonyl (C=O) groups excluding carboxylic acids is 1. The number of fused-ring (bicyclic) bond motifs is 1. The minimum Gasteiger partial charge on any atom is -0.351 e. The zero-order valence-electron chi connectivity index (χ0n) is 15.0. The Hall–Kier alpha value is -2.89. The zero-order valence-corrected chi connectivity index (χ0v) is 15.0. The van der Waals surface area contributed by atoms with Crippen LogP contribution in [0.1, 0.15) is 40.9 Å². The number of nitrogens with zero attached hydrogens (tertiary/aromatic N) is 2. The Morgan fingerprint density at radius 3 is 2.69 bits per heavy atom. The van der Waals surface area contributed by atoms with Crippen LogP contribution in [0.25, 0.3) is 11.0 Å². The molecule has 0 aliphatic heterocycles. The lowest BCUT2D eigenvalue weighted by Crippen LogP contribution is -2.45. The quantitative estimate of drug-likeness (QED) is 0.758. The minimum atomic E-state index is -0.290. The van der Waals surface area contributed by atoms with Gasteiger partial charge in [0, 0.05) is 24.7 Å². The molecule has 0 bridgehead atoms. The third-order valence-electron chi connectivity index (χ3n) is 5.47. The normalized spacial score (nSPS) is 15.6. The number of hydrogen-bond donors (Lipinski definition) is 2. The van der Waals surface area contributed by atoms with Crippen LogP contribution >= 0.6 is 0 Å². The standard InChI is InChI=1S/C20H22N4O2/c1-13-11-15(16-17(22-13)24(2)23-19(16)26)18(25)21-12-20(9-6-10-20)14-7-4-3-5-8-14/h3-5,7-8,11H,6,9-10,12H2,1-2H3,(H,21,25)(H,23,26). The minimum absolute atomic E-state index is 0.00121. The van der Waals surface area contributed by atoms with Gasteiger partial charge in [0.1, 0.15) is 0 Å². The fraction of sp³-hybridized carbons (Fsp3) is 0.350. The van der Waals surface area contributed by atoms with Gasteiger partial charge in [-0.2, -0.15) is 0 Å². The van der Waals surface area contributed by atoms with E-state index in [9.17, 15) is 9.59 Å². The lowest BCUT2D eigenvalue weighted by atomic mass is 9.64. The maximum atomic E-state index is 12.9. The van der Waals surface area contributed by atoms with Gasteiger partial charge in [-0.15, -0.1) is 0 Å². The van der Waals surface area contributed by atoms with E-state index in [1.54, 1.807) is 17.8 Å². The van der Waals surface area contributed by atoms with E-state index in [4.69, 9.17) is 0 Å².